The van der Waals surface area contributed by atoms with E-state index in [4.69, 9.17) is 0 Å². The van der Waals surface area contributed by atoms with Crippen molar-refractivity contribution >= 4 is 11.3 Å². The highest BCUT2D eigenvalue weighted by Crippen LogP contribution is 2.24. The molecule has 0 radical (unpaired) electrons. The van der Waals surface area contributed by atoms with Gasteiger partial charge in [0.2, 0.25) is 0 Å². The van der Waals surface area contributed by atoms with Gasteiger partial charge < -0.3 is 5.32 Å². The number of hydrogen-bond acceptors (Lipinski definition) is 3. The van der Waals surface area contributed by atoms with Gasteiger partial charge in [0.1, 0.15) is 5.01 Å². The number of benzene rings is 1. The molecule has 0 aliphatic heterocycles. The fourth-order valence-corrected chi connectivity index (χ4v) is 2.41. The summed E-state index contributed by atoms with van der Waals surface area (Å²) in [5.74, 6) is 0. The average molecular weight is 246 g/mol. The first-order valence-corrected chi connectivity index (χ1v) is 6.78. The van der Waals surface area contributed by atoms with E-state index in [2.05, 4.69) is 60.7 Å². The monoisotopic (exact) mass is 246 g/mol. The maximum Gasteiger partial charge on any atom is 0.107 e. The molecule has 0 aliphatic carbocycles. The summed E-state index contributed by atoms with van der Waals surface area (Å²) in [6, 6.07) is 8.88. The summed E-state index contributed by atoms with van der Waals surface area (Å²) >= 11 is 1.72. The number of aryl methyl sites for hydroxylation is 1. The molecule has 1 N–H and O–H groups in total. The number of hydrogen-bond donors (Lipinski definition) is 1. The first-order valence-electron chi connectivity index (χ1n) is 5.90. The highest BCUT2D eigenvalue weighted by Gasteiger charge is 2.06. The van der Waals surface area contributed by atoms with E-state index in [1.807, 2.05) is 0 Å². The Morgan fingerprint density at radius 2 is 2.06 bits per heavy atom. The van der Waals surface area contributed by atoms with Gasteiger partial charge in [-0.1, -0.05) is 38.1 Å². The van der Waals surface area contributed by atoms with Crippen molar-refractivity contribution in [2.24, 2.45) is 0 Å². The molecule has 0 atom stereocenters. The quantitative estimate of drug-likeness (QED) is 0.891. The van der Waals surface area contributed by atoms with Gasteiger partial charge in [-0.15, -0.1) is 11.3 Å². The second-order valence-corrected chi connectivity index (χ2v) is 5.42. The molecular weight excluding hydrogens is 228 g/mol. The maximum atomic E-state index is 4.67. The SMILES string of the molecule is Cc1ccccc1-c1csc(CNC(C)C)n1. The third-order valence-electron chi connectivity index (χ3n) is 2.63. The minimum atomic E-state index is 0.501. The Labute approximate surface area is 107 Å². The lowest BCUT2D eigenvalue weighted by Gasteiger charge is -2.04. The molecule has 1 aromatic heterocycles. The highest BCUT2D eigenvalue weighted by molar-refractivity contribution is 7.09. The molecule has 1 aromatic carbocycles. The van der Waals surface area contributed by atoms with Crippen LogP contribution in [0.4, 0.5) is 0 Å². The number of nitrogens with one attached hydrogen (secondary N) is 1. The Morgan fingerprint density at radius 1 is 1.29 bits per heavy atom. The molecule has 0 fully saturated rings. The van der Waals surface area contributed by atoms with Crippen molar-refractivity contribution in [3.63, 3.8) is 0 Å². The molecule has 2 nitrogen and oxygen atoms in total. The first-order chi connectivity index (χ1) is 8.16. The minimum absolute atomic E-state index is 0.501. The Bertz CT molecular complexity index is 488. The van der Waals surface area contributed by atoms with Crippen molar-refractivity contribution in [3.05, 3.63) is 40.2 Å². The van der Waals surface area contributed by atoms with Crippen LogP contribution in [0, 0.1) is 6.92 Å². The van der Waals surface area contributed by atoms with Crippen LogP contribution >= 0.6 is 11.3 Å². The number of rotatable bonds is 4. The fraction of sp³-hybridized carbons (Fsp3) is 0.357. The van der Waals surface area contributed by atoms with Crippen molar-refractivity contribution in [2.75, 3.05) is 0 Å². The van der Waals surface area contributed by atoms with E-state index < -0.39 is 0 Å². The first kappa shape index (κ1) is 12.3. The zero-order chi connectivity index (χ0) is 12.3. The Hall–Kier alpha value is -1.19. The van der Waals surface area contributed by atoms with Gasteiger partial charge in [0, 0.05) is 23.5 Å². The van der Waals surface area contributed by atoms with Crippen LogP contribution in [0.2, 0.25) is 0 Å². The van der Waals surface area contributed by atoms with Crippen molar-refractivity contribution in [1.29, 1.82) is 0 Å². The molecule has 0 amide bonds. The van der Waals surface area contributed by atoms with E-state index in [1.54, 1.807) is 11.3 Å². The third kappa shape index (κ3) is 3.14. The summed E-state index contributed by atoms with van der Waals surface area (Å²) in [6.07, 6.45) is 0. The molecule has 17 heavy (non-hydrogen) atoms. The van der Waals surface area contributed by atoms with Gasteiger partial charge in [0.25, 0.3) is 0 Å². The molecule has 0 saturated carbocycles. The van der Waals surface area contributed by atoms with E-state index in [0.29, 0.717) is 6.04 Å². The normalized spacial score (nSPS) is 11.1. The summed E-state index contributed by atoms with van der Waals surface area (Å²) in [5.41, 5.74) is 3.61. The van der Waals surface area contributed by atoms with Crippen LogP contribution < -0.4 is 5.32 Å². The minimum Gasteiger partial charge on any atom is -0.308 e. The summed E-state index contributed by atoms with van der Waals surface area (Å²) in [7, 11) is 0. The Kier molecular flexibility index (Phi) is 3.92. The molecule has 0 aliphatic rings. The third-order valence-corrected chi connectivity index (χ3v) is 3.48. The summed E-state index contributed by atoms with van der Waals surface area (Å²) < 4.78 is 0. The molecule has 1 heterocycles. The molecule has 2 aromatic rings. The smallest absolute Gasteiger partial charge is 0.107 e. The predicted molar refractivity (Wildman–Crippen MR) is 74.3 cm³/mol. The standard InChI is InChI=1S/C14H18N2S/c1-10(2)15-8-14-16-13(9-17-14)12-7-5-4-6-11(12)3/h4-7,9-10,15H,8H2,1-3H3. The molecule has 3 heteroatoms. The molecule has 0 saturated heterocycles. The summed E-state index contributed by atoms with van der Waals surface area (Å²) in [4.78, 5) is 4.67. The zero-order valence-corrected chi connectivity index (χ0v) is 11.3. The van der Waals surface area contributed by atoms with Gasteiger partial charge in [0.15, 0.2) is 0 Å². The summed E-state index contributed by atoms with van der Waals surface area (Å²) in [6.45, 7) is 7.28. The average Bonchev–Trinajstić information content (AvgIpc) is 2.75. The summed E-state index contributed by atoms with van der Waals surface area (Å²) in [5, 5.41) is 6.68. The second kappa shape index (κ2) is 5.43. The second-order valence-electron chi connectivity index (χ2n) is 4.48. The van der Waals surface area contributed by atoms with Gasteiger partial charge in [-0.3, -0.25) is 0 Å². The fourth-order valence-electron chi connectivity index (χ4n) is 1.67. The Balaban J connectivity index is 2.16. The van der Waals surface area contributed by atoms with Gasteiger partial charge in [-0.05, 0) is 12.5 Å². The van der Waals surface area contributed by atoms with Crippen LogP contribution in [0.5, 0.6) is 0 Å². The molecule has 90 valence electrons. The topological polar surface area (TPSA) is 24.9 Å². The van der Waals surface area contributed by atoms with Gasteiger partial charge >= 0.3 is 0 Å². The van der Waals surface area contributed by atoms with Gasteiger partial charge in [-0.25, -0.2) is 4.98 Å². The van der Waals surface area contributed by atoms with Crippen LogP contribution in [0.25, 0.3) is 11.3 Å². The molecule has 2 rings (SSSR count). The van der Waals surface area contributed by atoms with E-state index in [9.17, 15) is 0 Å². The van der Waals surface area contributed by atoms with E-state index >= 15 is 0 Å². The largest absolute Gasteiger partial charge is 0.308 e. The van der Waals surface area contributed by atoms with Gasteiger partial charge in [-0.2, -0.15) is 0 Å². The molecular formula is C14H18N2S. The lowest BCUT2D eigenvalue weighted by molar-refractivity contribution is 0.587. The number of thiazole rings is 1. The van der Waals surface area contributed by atoms with Crippen LogP contribution in [-0.2, 0) is 6.54 Å². The van der Waals surface area contributed by atoms with Crippen molar-refractivity contribution in [2.45, 2.75) is 33.4 Å². The maximum absolute atomic E-state index is 4.67. The number of nitrogens with zero attached hydrogens (tertiary/aromatic N) is 1. The van der Waals surface area contributed by atoms with Crippen molar-refractivity contribution in [3.8, 4) is 11.3 Å². The molecule has 0 unspecified atom stereocenters. The van der Waals surface area contributed by atoms with E-state index in [-0.39, 0.29) is 0 Å². The highest BCUT2D eigenvalue weighted by atomic mass is 32.1. The van der Waals surface area contributed by atoms with Crippen molar-refractivity contribution < 1.29 is 0 Å². The Morgan fingerprint density at radius 3 is 2.76 bits per heavy atom. The van der Waals surface area contributed by atoms with Crippen LogP contribution in [0.1, 0.15) is 24.4 Å². The van der Waals surface area contributed by atoms with E-state index in [0.717, 1.165) is 17.2 Å². The van der Waals surface area contributed by atoms with Crippen LogP contribution in [0.15, 0.2) is 29.6 Å². The van der Waals surface area contributed by atoms with Crippen LogP contribution in [-0.4, -0.2) is 11.0 Å². The number of aromatic nitrogens is 1. The van der Waals surface area contributed by atoms with Crippen LogP contribution in [0.3, 0.4) is 0 Å². The lowest BCUT2D eigenvalue weighted by atomic mass is 10.1. The van der Waals surface area contributed by atoms with Crippen molar-refractivity contribution in [1.82, 2.24) is 10.3 Å². The zero-order valence-electron chi connectivity index (χ0n) is 10.5. The van der Waals surface area contributed by atoms with Gasteiger partial charge in [0.05, 0.1) is 5.69 Å². The molecule has 0 bridgehead atoms. The molecule has 0 spiro atoms. The van der Waals surface area contributed by atoms with E-state index in [1.165, 1.54) is 11.1 Å². The lowest BCUT2D eigenvalue weighted by Crippen LogP contribution is -2.21. The predicted octanol–water partition coefficient (Wildman–Crippen LogP) is 3.62.